The highest BCUT2D eigenvalue weighted by Gasteiger charge is 2.34. The maximum absolute atomic E-state index is 13.3. The number of nitrogens with one attached hydrogen (secondary N) is 3. The number of aryl methyl sites for hydroxylation is 1. The van der Waals surface area contributed by atoms with Crippen LogP contribution < -0.4 is 15.2 Å². The van der Waals surface area contributed by atoms with Crippen LogP contribution in [0.3, 0.4) is 0 Å². The lowest BCUT2D eigenvalue weighted by molar-refractivity contribution is 0.555. The van der Waals surface area contributed by atoms with Crippen molar-refractivity contribution in [2.75, 3.05) is 13.1 Å². The third-order valence-corrected chi connectivity index (χ3v) is 8.13. The van der Waals surface area contributed by atoms with Crippen LogP contribution in [-0.4, -0.2) is 71.6 Å². The summed E-state index contributed by atoms with van der Waals surface area (Å²) in [4.78, 5) is 0.240. The maximum atomic E-state index is 13.3. The average molecular weight is 505 g/mol. The molecule has 1 atom stereocenters. The standard InChI is InChI=1S/C18H20N10O4S2/c1-28-23-13-4-2-3-12(16(13)24-28)11-5-6-14(34(31,32)25-10-7-8-20-9-10)17(33(19,29)30)15(11)18-21-26-27-22-18/h2-6,10,20,25H,7-9H2,1H3,(H2,19,29,30)(H,21,22,26,27). The number of sulfonamides is 2. The van der Waals surface area contributed by atoms with Crippen LogP contribution in [0.25, 0.3) is 33.5 Å². The molecule has 3 heterocycles. The summed E-state index contributed by atoms with van der Waals surface area (Å²) in [5.41, 5.74) is 1.72. The summed E-state index contributed by atoms with van der Waals surface area (Å²) in [5.74, 6) is -0.139. The molecule has 4 aromatic rings. The Bertz CT molecular complexity index is 1590. The van der Waals surface area contributed by atoms with Gasteiger partial charge in [-0.3, -0.25) is 0 Å². The number of H-pyrrole nitrogens is 1. The first-order chi connectivity index (χ1) is 16.1. The molecule has 5 rings (SSSR count). The first kappa shape index (κ1) is 22.5. The summed E-state index contributed by atoms with van der Waals surface area (Å²) >= 11 is 0. The molecular formula is C18H20N10O4S2. The number of hydrogen-bond acceptors (Lipinski definition) is 10. The summed E-state index contributed by atoms with van der Waals surface area (Å²) in [7, 11) is -7.21. The van der Waals surface area contributed by atoms with Crippen LogP contribution in [-0.2, 0) is 27.1 Å². The van der Waals surface area contributed by atoms with Crippen molar-refractivity contribution in [3.63, 3.8) is 0 Å². The Morgan fingerprint density at radius 1 is 1.12 bits per heavy atom. The lowest BCUT2D eigenvalue weighted by Gasteiger charge is -2.18. The van der Waals surface area contributed by atoms with Gasteiger partial charge in [-0.05, 0) is 35.9 Å². The number of rotatable bonds is 6. The van der Waals surface area contributed by atoms with Crippen LogP contribution in [0.2, 0.25) is 0 Å². The van der Waals surface area contributed by atoms with Crippen LogP contribution in [0.5, 0.6) is 0 Å². The van der Waals surface area contributed by atoms with E-state index in [4.69, 9.17) is 5.14 Å². The number of nitrogens with two attached hydrogens (primary N) is 1. The number of primary sulfonamides is 1. The fourth-order valence-electron chi connectivity index (χ4n) is 4.07. The van der Waals surface area contributed by atoms with Crippen molar-refractivity contribution >= 4 is 31.1 Å². The van der Waals surface area contributed by atoms with E-state index in [1.54, 1.807) is 25.2 Å². The molecule has 0 saturated carbocycles. The molecule has 14 nitrogen and oxygen atoms in total. The van der Waals surface area contributed by atoms with Crippen molar-refractivity contribution in [3.05, 3.63) is 30.3 Å². The van der Waals surface area contributed by atoms with Gasteiger partial charge in [0.2, 0.25) is 25.9 Å². The minimum Gasteiger partial charge on any atom is -0.315 e. The molecule has 0 radical (unpaired) electrons. The van der Waals surface area contributed by atoms with E-state index in [9.17, 15) is 16.8 Å². The van der Waals surface area contributed by atoms with Gasteiger partial charge in [0.15, 0.2) is 0 Å². The Kier molecular flexibility index (Phi) is 5.40. The summed E-state index contributed by atoms with van der Waals surface area (Å²) in [5, 5.41) is 30.9. The average Bonchev–Trinajstić information content (AvgIpc) is 3.53. The SMILES string of the molecule is Cn1nc2cccc(-c3ccc(S(=O)(=O)NC4CCNC4)c(S(N)(=O)=O)c3-c3nn[nH]n3)c2n1. The van der Waals surface area contributed by atoms with Gasteiger partial charge in [0.05, 0.1) is 5.56 Å². The Morgan fingerprint density at radius 2 is 1.94 bits per heavy atom. The molecular weight excluding hydrogens is 484 g/mol. The lowest BCUT2D eigenvalue weighted by Crippen LogP contribution is -2.37. The number of hydrogen-bond donors (Lipinski definition) is 4. The third kappa shape index (κ3) is 3.94. The van der Waals surface area contributed by atoms with Gasteiger partial charge in [-0.15, -0.1) is 10.2 Å². The van der Waals surface area contributed by atoms with Gasteiger partial charge in [-0.25, -0.2) is 26.7 Å². The van der Waals surface area contributed by atoms with Gasteiger partial charge < -0.3 is 5.32 Å². The molecule has 0 bridgehead atoms. The van der Waals surface area contributed by atoms with E-state index >= 15 is 0 Å². The number of benzene rings is 2. The van der Waals surface area contributed by atoms with E-state index in [1.165, 1.54) is 16.9 Å². The van der Waals surface area contributed by atoms with E-state index in [-0.39, 0.29) is 17.4 Å². The first-order valence-corrected chi connectivity index (χ1v) is 13.2. The van der Waals surface area contributed by atoms with Crippen LogP contribution in [0.1, 0.15) is 6.42 Å². The highest BCUT2D eigenvalue weighted by molar-refractivity contribution is 7.92. The number of fused-ring (bicyclic) bond motifs is 1. The summed E-state index contributed by atoms with van der Waals surface area (Å²) in [6.07, 6.45) is 0.564. The van der Waals surface area contributed by atoms with Gasteiger partial charge in [-0.1, -0.05) is 18.2 Å². The second-order valence-electron chi connectivity index (χ2n) is 7.77. The number of aromatic amines is 1. The Morgan fingerprint density at radius 3 is 2.62 bits per heavy atom. The zero-order chi connectivity index (χ0) is 24.1. The van der Waals surface area contributed by atoms with Crippen molar-refractivity contribution in [1.29, 1.82) is 0 Å². The van der Waals surface area contributed by atoms with Crippen molar-refractivity contribution in [1.82, 2.24) is 45.7 Å². The van der Waals surface area contributed by atoms with Gasteiger partial charge >= 0.3 is 0 Å². The molecule has 1 saturated heterocycles. The number of aromatic nitrogens is 7. The normalized spacial score (nSPS) is 16.9. The van der Waals surface area contributed by atoms with Crippen molar-refractivity contribution in [2.45, 2.75) is 22.3 Å². The minimum atomic E-state index is -4.58. The smallest absolute Gasteiger partial charge is 0.242 e. The molecule has 1 aliphatic rings. The predicted molar refractivity (Wildman–Crippen MR) is 120 cm³/mol. The van der Waals surface area contributed by atoms with Crippen molar-refractivity contribution in [2.24, 2.45) is 12.2 Å². The Labute approximate surface area is 194 Å². The zero-order valence-corrected chi connectivity index (χ0v) is 19.4. The van der Waals surface area contributed by atoms with Gasteiger partial charge in [0, 0.05) is 25.2 Å². The van der Waals surface area contributed by atoms with Crippen molar-refractivity contribution in [3.8, 4) is 22.5 Å². The summed E-state index contributed by atoms with van der Waals surface area (Å²) in [6, 6.07) is 7.48. The third-order valence-electron chi connectivity index (χ3n) is 5.45. The van der Waals surface area contributed by atoms with Crippen molar-refractivity contribution < 1.29 is 16.8 Å². The van der Waals surface area contributed by atoms with E-state index in [2.05, 4.69) is 40.9 Å². The van der Waals surface area contributed by atoms with E-state index < -0.39 is 29.8 Å². The fraction of sp³-hybridized carbons (Fsp3) is 0.278. The van der Waals surface area contributed by atoms with Crippen LogP contribution in [0.15, 0.2) is 40.1 Å². The second kappa shape index (κ2) is 8.17. The van der Waals surface area contributed by atoms with Gasteiger partial charge in [-0.2, -0.15) is 20.2 Å². The van der Waals surface area contributed by atoms with Crippen LogP contribution >= 0.6 is 0 Å². The van der Waals surface area contributed by atoms with E-state index in [0.29, 0.717) is 41.7 Å². The topological polar surface area (TPSA) is 204 Å². The maximum Gasteiger partial charge on any atom is 0.242 e. The fourth-order valence-corrected chi connectivity index (χ4v) is 6.94. The second-order valence-corrected chi connectivity index (χ2v) is 11.0. The molecule has 0 aliphatic carbocycles. The molecule has 16 heteroatoms. The molecule has 2 aromatic carbocycles. The minimum absolute atomic E-state index is 0.109. The molecule has 1 fully saturated rings. The Hall–Kier alpha value is -3.31. The molecule has 178 valence electrons. The molecule has 0 amide bonds. The summed E-state index contributed by atoms with van der Waals surface area (Å²) < 4.78 is 54.9. The molecule has 5 N–H and O–H groups in total. The van der Waals surface area contributed by atoms with Crippen LogP contribution in [0.4, 0.5) is 0 Å². The zero-order valence-electron chi connectivity index (χ0n) is 17.8. The first-order valence-electron chi connectivity index (χ1n) is 10.1. The summed E-state index contributed by atoms with van der Waals surface area (Å²) in [6.45, 7) is 1.07. The molecule has 2 aromatic heterocycles. The monoisotopic (exact) mass is 504 g/mol. The largest absolute Gasteiger partial charge is 0.315 e. The number of nitrogens with zero attached hydrogens (tertiary/aromatic N) is 6. The van der Waals surface area contributed by atoms with Gasteiger partial charge in [0.25, 0.3) is 0 Å². The predicted octanol–water partition coefficient (Wildman–Crippen LogP) is -0.897. The molecule has 1 aliphatic heterocycles. The molecule has 1 unspecified atom stereocenters. The highest BCUT2D eigenvalue weighted by atomic mass is 32.2. The number of tetrazole rings is 1. The van der Waals surface area contributed by atoms with Crippen LogP contribution in [0, 0.1) is 0 Å². The quantitative estimate of drug-likeness (QED) is 0.255. The highest BCUT2D eigenvalue weighted by Crippen LogP contribution is 2.40. The van der Waals surface area contributed by atoms with E-state index in [1.807, 2.05) is 0 Å². The van der Waals surface area contributed by atoms with Gasteiger partial charge in [0.1, 0.15) is 20.8 Å². The molecule has 0 spiro atoms. The Balaban J connectivity index is 1.83. The van der Waals surface area contributed by atoms with E-state index in [0.717, 1.165) is 0 Å². The molecule has 34 heavy (non-hydrogen) atoms. The lowest BCUT2D eigenvalue weighted by atomic mass is 9.98.